The second-order valence-corrected chi connectivity index (χ2v) is 7.44. The molecule has 22 heavy (non-hydrogen) atoms. The van der Waals surface area contributed by atoms with Gasteiger partial charge in [-0.3, -0.25) is 0 Å². The molecular weight excluding hydrogens is 274 g/mol. The van der Waals surface area contributed by atoms with Crippen molar-refractivity contribution < 1.29 is 9.94 Å². The molecule has 1 radical (unpaired) electrons. The van der Waals surface area contributed by atoms with E-state index in [0.29, 0.717) is 11.8 Å². The van der Waals surface area contributed by atoms with Crippen LogP contribution in [0.25, 0.3) is 0 Å². The van der Waals surface area contributed by atoms with Gasteiger partial charge in [-0.1, -0.05) is 12.1 Å². The predicted molar refractivity (Wildman–Crippen MR) is 85.7 cm³/mol. The van der Waals surface area contributed by atoms with E-state index in [4.69, 9.17) is 4.74 Å². The second-order valence-electron chi connectivity index (χ2n) is 7.44. The van der Waals surface area contributed by atoms with Gasteiger partial charge in [-0.15, -0.1) is 0 Å². The predicted octanol–water partition coefficient (Wildman–Crippen LogP) is 4.18. The van der Waals surface area contributed by atoms with E-state index in [0.717, 1.165) is 36.6 Å². The summed E-state index contributed by atoms with van der Waals surface area (Å²) < 4.78 is 5.39. The number of hydrogen-bond acceptors (Lipinski definition) is 3. The highest BCUT2D eigenvalue weighted by atomic mass is 16.5. The first-order chi connectivity index (χ1) is 10.7. The number of ether oxygens (including phenoxy) is 1. The zero-order valence-corrected chi connectivity index (χ0v) is 13.4. The van der Waals surface area contributed by atoms with Gasteiger partial charge in [0.1, 0.15) is 5.75 Å². The van der Waals surface area contributed by atoms with Crippen molar-refractivity contribution in [1.29, 1.82) is 0 Å². The maximum absolute atomic E-state index is 9.36. The maximum Gasteiger partial charge on any atom is 0.127 e. The van der Waals surface area contributed by atoms with Gasteiger partial charge in [0.15, 0.2) is 0 Å². The topological polar surface area (TPSA) is 41.8 Å². The van der Waals surface area contributed by atoms with Crippen LogP contribution in [0, 0.1) is 23.3 Å². The lowest BCUT2D eigenvalue weighted by Crippen LogP contribution is -2.42. The van der Waals surface area contributed by atoms with Crippen LogP contribution >= 0.6 is 0 Å². The number of methoxy groups -OCH3 is 1. The zero-order chi connectivity index (χ0) is 15.3. The van der Waals surface area contributed by atoms with Gasteiger partial charge >= 0.3 is 0 Å². The van der Waals surface area contributed by atoms with Crippen LogP contribution in [0.2, 0.25) is 0 Å². The number of nitrogens with zero attached hydrogens (tertiary/aromatic N) is 1. The molecule has 1 aromatic carbocycles. The first-order valence-corrected chi connectivity index (χ1v) is 8.47. The number of hydrogen-bond donors (Lipinski definition) is 1. The van der Waals surface area contributed by atoms with Gasteiger partial charge in [0, 0.05) is 11.5 Å². The van der Waals surface area contributed by atoms with Crippen LogP contribution in [0.15, 0.2) is 17.3 Å². The lowest BCUT2D eigenvalue weighted by Gasteiger charge is -2.48. The van der Waals surface area contributed by atoms with Crippen molar-refractivity contribution in [3.05, 3.63) is 29.3 Å². The first-order valence-electron chi connectivity index (χ1n) is 8.47. The molecule has 3 nitrogen and oxygen atoms in total. The summed E-state index contributed by atoms with van der Waals surface area (Å²) in [5.74, 6) is 2.89. The van der Waals surface area contributed by atoms with Crippen molar-refractivity contribution >= 4 is 5.71 Å². The first kappa shape index (κ1) is 14.1. The monoisotopic (exact) mass is 298 g/mol. The summed E-state index contributed by atoms with van der Waals surface area (Å²) in [6, 6.07) is 7.58. The number of rotatable bonds is 1. The summed E-state index contributed by atoms with van der Waals surface area (Å²) in [5.41, 5.74) is 4.11. The number of oxime groups is 1. The van der Waals surface area contributed by atoms with E-state index in [-0.39, 0.29) is 5.41 Å². The molecule has 0 unspecified atom stereocenters. The number of aryl methyl sites for hydroxylation is 1. The summed E-state index contributed by atoms with van der Waals surface area (Å²) in [7, 11) is 1.72. The van der Waals surface area contributed by atoms with E-state index < -0.39 is 0 Å². The molecule has 2 fully saturated rings. The molecule has 117 valence electrons. The molecule has 1 aromatic rings. The Bertz CT molecular complexity index is 624. The highest BCUT2D eigenvalue weighted by Crippen LogP contribution is 2.59. The third-order valence-electron chi connectivity index (χ3n) is 6.71. The van der Waals surface area contributed by atoms with Crippen LogP contribution in [-0.2, 0) is 6.42 Å². The summed E-state index contributed by atoms with van der Waals surface area (Å²) in [6.45, 7) is 2.32. The normalized spacial score (nSPS) is 38.3. The molecule has 2 saturated carbocycles. The van der Waals surface area contributed by atoms with Crippen molar-refractivity contribution in [2.24, 2.45) is 22.4 Å². The molecule has 0 bridgehead atoms. The van der Waals surface area contributed by atoms with Crippen LogP contribution in [0.1, 0.15) is 56.1 Å². The maximum atomic E-state index is 9.36. The minimum atomic E-state index is 0.123. The Balaban J connectivity index is 1.71. The Morgan fingerprint density at radius 3 is 2.95 bits per heavy atom. The standard InChI is InChI=1S/C19H24NO2/c1-19-10-9-14-15(17(19)7-8-18(19)20-21)6-4-12-3-5-13(22-2)11-16(12)14/h3,11,14-15,17,21H,4,6-10H2,1-2H3/t14-,15+,17-,19-/m0/s1. The molecule has 3 aliphatic carbocycles. The summed E-state index contributed by atoms with van der Waals surface area (Å²) in [4.78, 5) is 0. The molecule has 0 amide bonds. The Kier molecular flexibility index (Phi) is 3.21. The number of benzene rings is 1. The van der Waals surface area contributed by atoms with Gasteiger partial charge in [0.25, 0.3) is 0 Å². The van der Waals surface area contributed by atoms with Crippen LogP contribution in [-0.4, -0.2) is 18.0 Å². The lowest BCUT2D eigenvalue weighted by molar-refractivity contribution is 0.0937. The second kappa shape index (κ2) is 5.00. The van der Waals surface area contributed by atoms with Crippen LogP contribution in [0.4, 0.5) is 0 Å². The Labute approximate surface area is 132 Å². The Hall–Kier alpha value is -1.51. The molecule has 3 aliphatic rings. The van der Waals surface area contributed by atoms with Gasteiger partial charge in [0.2, 0.25) is 0 Å². The molecule has 0 saturated heterocycles. The van der Waals surface area contributed by atoms with Gasteiger partial charge in [-0.2, -0.15) is 0 Å². The molecule has 0 aliphatic heterocycles. The van der Waals surface area contributed by atoms with Crippen molar-refractivity contribution in [2.45, 2.75) is 51.4 Å². The minimum Gasteiger partial charge on any atom is -0.496 e. The third-order valence-corrected chi connectivity index (χ3v) is 6.71. The van der Waals surface area contributed by atoms with E-state index in [9.17, 15) is 5.21 Å². The van der Waals surface area contributed by atoms with E-state index >= 15 is 0 Å². The molecular formula is C19H24NO2. The lowest BCUT2D eigenvalue weighted by atomic mass is 9.55. The molecule has 4 rings (SSSR count). The molecule has 1 N–H and O–H groups in total. The van der Waals surface area contributed by atoms with Gasteiger partial charge < -0.3 is 9.94 Å². The fraction of sp³-hybridized carbons (Fsp3) is 0.632. The molecule has 0 heterocycles. The average molecular weight is 298 g/mol. The third kappa shape index (κ3) is 1.84. The van der Waals surface area contributed by atoms with Crippen LogP contribution < -0.4 is 4.74 Å². The smallest absolute Gasteiger partial charge is 0.127 e. The van der Waals surface area contributed by atoms with Crippen LogP contribution in [0.5, 0.6) is 5.75 Å². The molecule has 4 atom stereocenters. The summed E-state index contributed by atoms with van der Waals surface area (Å²) >= 11 is 0. The highest BCUT2D eigenvalue weighted by molar-refractivity contribution is 5.92. The minimum absolute atomic E-state index is 0.123. The zero-order valence-electron chi connectivity index (χ0n) is 13.4. The Morgan fingerprint density at radius 2 is 2.18 bits per heavy atom. The largest absolute Gasteiger partial charge is 0.496 e. The van der Waals surface area contributed by atoms with E-state index in [1.807, 2.05) is 0 Å². The fourth-order valence-electron chi connectivity index (χ4n) is 5.55. The van der Waals surface area contributed by atoms with Gasteiger partial charge in [-0.05, 0) is 79.5 Å². The summed E-state index contributed by atoms with van der Waals surface area (Å²) in [5, 5.41) is 13.0. The van der Waals surface area contributed by atoms with E-state index in [2.05, 4.69) is 30.3 Å². The average Bonchev–Trinajstić information content (AvgIpc) is 2.90. The molecule has 0 spiro atoms. The molecule has 0 aromatic heterocycles. The van der Waals surface area contributed by atoms with Crippen molar-refractivity contribution in [2.75, 3.05) is 7.11 Å². The van der Waals surface area contributed by atoms with Crippen molar-refractivity contribution in [3.63, 3.8) is 0 Å². The fourth-order valence-corrected chi connectivity index (χ4v) is 5.55. The SMILES string of the molecule is COc1[c]cc2c(c1)[C@H]1CC[C@]3(C)C(=NO)CC[C@H]3[C@@H]1CC2. The Morgan fingerprint density at radius 1 is 1.32 bits per heavy atom. The van der Waals surface area contributed by atoms with Crippen molar-refractivity contribution in [1.82, 2.24) is 0 Å². The summed E-state index contributed by atoms with van der Waals surface area (Å²) in [6.07, 6.45) is 6.89. The molecule has 3 heteroatoms. The van der Waals surface area contributed by atoms with Crippen molar-refractivity contribution in [3.8, 4) is 5.75 Å². The van der Waals surface area contributed by atoms with E-state index in [1.165, 1.54) is 30.4 Å². The van der Waals surface area contributed by atoms with Crippen LogP contribution in [0.3, 0.4) is 0 Å². The van der Waals surface area contributed by atoms with Gasteiger partial charge in [-0.25, -0.2) is 0 Å². The van der Waals surface area contributed by atoms with E-state index in [1.54, 1.807) is 7.11 Å². The quantitative estimate of drug-likeness (QED) is 0.624. The highest BCUT2D eigenvalue weighted by Gasteiger charge is 2.53. The number of fused-ring (bicyclic) bond motifs is 5. The van der Waals surface area contributed by atoms with Gasteiger partial charge in [0.05, 0.1) is 12.8 Å².